The molecule has 1 aromatic carbocycles. The molecule has 1 aliphatic rings. The highest BCUT2D eigenvalue weighted by atomic mass is 127. The summed E-state index contributed by atoms with van der Waals surface area (Å²) in [7, 11) is 5.97. The van der Waals surface area contributed by atoms with Gasteiger partial charge in [0.2, 0.25) is 0 Å². The van der Waals surface area contributed by atoms with E-state index in [2.05, 4.69) is 60.4 Å². The Morgan fingerprint density at radius 2 is 2.12 bits per heavy atom. The van der Waals surface area contributed by atoms with Gasteiger partial charge in [0.05, 0.1) is 13.2 Å². The summed E-state index contributed by atoms with van der Waals surface area (Å²) in [6, 6.07) is 8.71. The number of guanidine groups is 1. The van der Waals surface area contributed by atoms with E-state index in [9.17, 15) is 0 Å². The molecule has 0 amide bonds. The van der Waals surface area contributed by atoms with Crippen molar-refractivity contribution in [3.05, 3.63) is 35.4 Å². The summed E-state index contributed by atoms with van der Waals surface area (Å²) in [6.07, 6.45) is 1.18. The molecule has 1 N–H and O–H groups in total. The summed E-state index contributed by atoms with van der Waals surface area (Å²) < 4.78 is 5.30. The van der Waals surface area contributed by atoms with E-state index in [4.69, 9.17) is 9.73 Å². The topological polar surface area (TPSA) is 40.1 Å². The van der Waals surface area contributed by atoms with E-state index in [0.717, 1.165) is 45.3 Å². The van der Waals surface area contributed by atoms with E-state index in [-0.39, 0.29) is 24.0 Å². The summed E-state index contributed by atoms with van der Waals surface area (Å²) in [5.74, 6) is 1.64. The number of benzene rings is 1. The maximum atomic E-state index is 5.30. The monoisotopic (exact) mass is 460 g/mol. The zero-order valence-corrected chi connectivity index (χ0v) is 18.3. The van der Waals surface area contributed by atoms with Crippen LogP contribution in [0.1, 0.15) is 24.5 Å². The van der Waals surface area contributed by atoms with Gasteiger partial charge in [0.1, 0.15) is 0 Å². The van der Waals surface area contributed by atoms with Crippen LogP contribution in [0.25, 0.3) is 0 Å². The van der Waals surface area contributed by atoms with Crippen molar-refractivity contribution in [2.75, 3.05) is 47.4 Å². The van der Waals surface area contributed by atoms with Crippen molar-refractivity contribution >= 4 is 29.9 Å². The highest BCUT2D eigenvalue weighted by Gasteiger charge is 2.24. The third-order valence-corrected chi connectivity index (χ3v) is 4.22. The molecule has 0 radical (unpaired) electrons. The minimum atomic E-state index is 0. The Balaban J connectivity index is 0.00000312. The fourth-order valence-corrected chi connectivity index (χ4v) is 3.18. The Hall–Kier alpha value is -0.860. The van der Waals surface area contributed by atoms with E-state index in [1.807, 2.05) is 0 Å². The molecule has 6 heteroatoms. The van der Waals surface area contributed by atoms with Crippen molar-refractivity contribution in [3.8, 4) is 0 Å². The van der Waals surface area contributed by atoms with Crippen molar-refractivity contribution < 1.29 is 4.74 Å². The molecule has 0 aliphatic carbocycles. The summed E-state index contributed by atoms with van der Waals surface area (Å²) in [5.41, 5.74) is 2.59. The summed E-state index contributed by atoms with van der Waals surface area (Å²) in [5, 5.41) is 3.43. The molecular formula is C19H33IN4O. The van der Waals surface area contributed by atoms with Gasteiger partial charge in [0, 0.05) is 39.2 Å². The molecule has 0 bridgehead atoms. The number of likely N-dealkylation sites (tertiary alicyclic amines) is 1. The van der Waals surface area contributed by atoms with Crippen molar-refractivity contribution in [1.82, 2.24) is 15.1 Å². The molecule has 1 atom stereocenters. The Morgan fingerprint density at radius 3 is 2.80 bits per heavy atom. The molecule has 142 valence electrons. The van der Waals surface area contributed by atoms with Gasteiger partial charge in [-0.05, 0) is 38.6 Å². The first-order chi connectivity index (χ1) is 11.6. The van der Waals surface area contributed by atoms with Crippen molar-refractivity contribution in [2.45, 2.75) is 26.4 Å². The third-order valence-electron chi connectivity index (χ3n) is 4.22. The highest BCUT2D eigenvalue weighted by Crippen LogP contribution is 2.17. The van der Waals surface area contributed by atoms with Crippen molar-refractivity contribution in [2.24, 2.45) is 10.9 Å². The van der Waals surface area contributed by atoms with Gasteiger partial charge in [-0.2, -0.15) is 0 Å². The first-order valence-electron chi connectivity index (χ1n) is 8.87. The minimum Gasteiger partial charge on any atom is -0.384 e. The van der Waals surface area contributed by atoms with E-state index in [1.165, 1.54) is 17.5 Å². The molecule has 1 heterocycles. The predicted molar refractivity (Wildman–Crippen MR) is 116 cm³/mol. The number of hydrogen-bond donors (Lipinski definition) is 1. The number of nitrogens with one attached hydrogen (secondary N) is 1. The van der Waals surface area contributed by atoms with Gasteiger partial charge < -0.3 is 19.9 Å². The number of aliphatic imine (C=N–C) groups is 1. The van der Waals surface area contributed by atoms with Gasteiger partial charge in [0.25, 0.3) is 0 Å². The molecule has 0 saturated carbocycles. The smallest absolute Gasteiger partial charge is 0.194 e. The van der Waals surface area contributed by atoms with Gasteiger partial charge in [-0.15, -0.1) is 24.0 Å². The molecule has 5 nitrogen and oxygen atoms in total. The average molecular weight is 460 g/mol. The largest absolute Gasteiger partial charge is 0.384 e. The van der Waals surface area contributed by atoms with E-state index in [0.29, 0.717) is 5.92 Å². The molecule has 25 heavy (non-hydrogen) atoms. The summed E-state index contributed by atoms with van der Waals surface area (Å²) >= 11 is 0. The van der Waals surface area contributed by atoms with Gasteiger partial charge in [-0.3, -0.25) is 0 Å². The number of ether oxygens (including phenoxy) is 1. The Kier molecular flexibility index (Phi) is 10.4. The second kappa shape index (κ2) is 11.7. The predicted octanol–water partition coefficient (Wildman–Crippen LogP) is 2.80. The fraction of sp³-hybridized carbons (Fsp3) is 0.632. The molecule has 1 saturated heterocycles. The lowest BCUT2D eigenvalue weighted by Gasteiger charge is -2.21. The molecule has 1 aliphatic heterocycles. The van der Waals surface area contributed by atoms with Crippen LogP contribution in [0.2, 0.25) is 0 Å². The van der Waals surface area contributed by atoms with Crippen LogP contribution >= 0.6 is 24.0 Å². The van der Waals surface area contributed by atoms with Crippen LogP contribution in [0.4, 0.5) is 0 Å². The van der Waals surface area contributed by atoms with Gasteiger partial charge in [0.15, 0.2) is 5.96 Å². The first kappa shape index (κ1) is 22.2. The third kappa shape index (κ3) is 7.50. The highest BCUT2D eigenvalue weighted by molar-refractivity contribution is 14.0. The summed E-state index contributed by atoms with van der Waals surface area (Å²) in [6.45, 7) is 7.61. The SMILES string of the molecule is CCNC(=NCc1cccc(CN(C)C)c1)N1CCC(COC)C1.I. The van der Waals surface area contributed by atoms with Crippen LogP contribution in [0.15, 0.2) is 29.3 Å². The average Bonchev–Trinajstić information content (AvgIpc) is 3.00. The van der Waals surface area contributed by atoms with Crippen LogP contribution in [-0.4, -0.2) is 63.2 Å². The number of nitrogens with zero attached hydrogens (tertiary/aromatic N) is 3. The standard InChI is InChI=1S/C19H32N4O.HI/c1-5-20-19(23-10-9-18(14-23)15-24-4)21-12-16-7-6-8-17(11-16)13-22(2)3;/h6-8,11,18H,5,9-10,12-15H2,1-4H3,(H,20,21);1H. The number of rotatable bonds is 7. The fourth-order valence-electron chi connectivity index (χ4n) is 3.18. The van der Waals surface area contributed by atoms with E-state index in [1.54, 1.807) is 7.11 Å². The molecule has 1 fully saturated rings. The van der Waals surface area contributed by atoms with E-state index >= 15 is 0 Å². The zero-order valence-electron chi connectivity index (χ0n) is 16.0. The van der Waals surface area contributed by atoms with Crippen LogP contribution in [0.5, 0.6) is 0 Å². The maximum absolute atomic E-state index is 5.30. The zero-order chi connectivity index (χ0) is 17.4. The van der Waals surface area contributed by atoms with Crippen LogP contribution in [0, 0.1) is 5.92 Å². The molecular weight excluding hydrogens is 427 g/mol. The Morgan fingerprint density at radius 1 is 1.36 bits per heavy atom. The van der Waals surface area contributed by atoms with Crippen molar-refractivity contribution in [3.63, 3.8) is 0 Å². The Labute approximate surface area is 169 Å². The van der Waals surface area contributed by atoms with Gasteiger partial charge in [-0.25, -0.2) is 4.99 Å². The molecule has 1 unspecified atom stereocenters. The van der Waals surface area contributed by atoms with Crippen LogP contribution in [0.3, 0.4) is 0 Å². The molecule has 0 aromatic heterocycles. The first-order valence-corrected chi connectivity index (χ1v) is 8.87. The lowest BCUT2D eigenvalue weighted by molar-refractivity contribution is 0.157. The molecule has 2 rings (SSSR count). The minimum absolute atomic E-state index is 0. The lowest BCUT2D eigenvalue weighted by atomic mass is 10.1. The van der Waals surface area contributed by atoms with Crippen molar-refractivity contribution in [1.29, 1.82) is 0 Å². The van der Waals surface area contributed by atoms with Crippen LogP contribution in [-0.2, 0) is 17.8 Å². The normalized spacial score (nSPS) is 17.7. The summed E-state index contributed by atoms with van der Waals surface area (Å²) in [4.78, 5) is 9.40. The number of halogens is 1. The molecule has 1 aromatic rings. The maximum Gasteiger partial charge on any atom is 0.194 e. The number of hydrogen-bond acceptors (Lipinski definition) is 3. The molecule has 0 spiro atoms. The lowest BCUT2D eigenvalue weighted by Crippen LogP contribution is -2.40. The van der Waals surface area contributed by atoms with Crippen LogP contribution < -0.4 is 5.32 Å². The van der Waals surface area contributed by atoms with Gasteiger partial charge >= 0.3 is 0 Å². The number of methoxy groups -OCH3 is 1. The second-order valence-corrected chi connectivity index (χ2v) is 6.78. The second-order valence-electron chi connectivity index (χ2n) is 6.78. The quantitative estimate of drug-likeness (QED) is 0.386. The van der Waals surface area contributed by atoms with Gasteiger partial charge in [-0.1, -0.05) is 24.3 Å². The Bertz CT molecular complexity index is 536. The van der Waals surface area contributed by atoms with E-state index < -0.39 is 0 Å².